The van der Waals surface area contributed by atoms with Crippen LogP contribution in [-0.2, 0) is 4.79 Å². The molecule has 0 saturated heterocycles. The highest BCUT2D eigenvalue weighted by Gasteiger charge is 2.13. The Kier molecular flexibility index (Phi) is 5.67. The van der Waals surface area contributed by atoms with Crippen molar-refractivity contribution in [2.45, 2.75) is 19.0 Å². The molecule has 2 aromatic carbocycles. The van der Waals surface area contributed by atoms with Gasteiger partial charge in [-0.1, -0.05) is 36.0 Å². The summed E-state index contributed by atoms with van der Waals surface area (Å²) in [4.78, 5) is 12.4. The zero-order valence-corrected chi connectivity index (χ0v) is 17.7. The summed E-state index contributed by atoms with van der Waals surface area (Å²) >= 11 is 1.30. The van der Waals surface area contributed by atoms with Crippen LogP contribution in [0.4, 0.5) is 5.69 Å². The van der Waals surface area contributed by atoms with Gasteiger partial charge in [0, 0.05) is 11.3 Å². The van der Waals surface area contributed by atoms with Gasteiger partial charge < -0.3 is 10.1 Å². The lowest BCUT2D eigenvalue weighted by atomic mass is 10.1. The van der Waals surface area contributed by atoms with E-state index in [4.69, 9.17) is 4.74 Å². The Morgan fingerprint density at radius 3 is 2.80 bits per heavy atom. The Balaban J connectivity index is 1.51. The minimum Gasteiger partial charge on any atom is -0.497 e. The highest BCUT2D eigenvalue weighted by molar-refractivity contribution is 7.99. The van der Waals surface area contributed by atoms with E-state index < -0.39 is 0 Å². The van der Waals surface area contributed by atoms with Crippen molar-refractivity contribution in [3.63, 3.8) is 0 Å². The van der Waals surface area contributed by atoms with Crippen LogP contribution in [0.25, 0.3) is 16.9 Å². The summed E-state index contributed by atoms with van der Waals surface area (Å²) in [6.07, 6.45) is 0. The first-order valence-electron chi connectivity index (χ1n) is 9.40. The van der Waals surface area contributed by atoms with E-state index in [2.05, 4.69) is 20.6 Å². The third kappa shape index (κ3) is 4.28. The Morgan fingerprint density at radius 1 is 1.10 bits per heavy atom. The van der Waals surface area contributed by atoms with Crippen molar-refractivity contribution in [2.24, 2.45) is 0 Å². The molecule has 0 spiro atoms. The second-order valence-electron chi connectivity index (χ2n) is 6.86. The van der Waals surface area contributed by atoms with E-state index in [0.717, 1.165) is 33.8 Å². The number of carbonyl (C=O) groups is 1. The maximum atomic E-state index is 12.4. The topological polar surface area (TPSA) is 81.4 Å². The summed E-state index contributed by atoms with van der Waals surface area (Å²) in [6.45, 7) is 3.97. The molecule has 8 heteroatoms. The Labute approximate surface area is 178 Å². The van der Waals surface area contributed by atoms with Gasteiger partial charge >= 0.3 is 0 Å². The molecular formula is C22H21N5O2S. The molecule has 0 bridgehead atoms. The predicted molar refractivity (Wildman–Crippen MR) is 118 cm³/mol. The van der Waals surface area contributed by atoms with E-state index in [1.54, 1.807) is 11.6 Å². The molecule has 4 aromatic rings. The molecule has 0 atom stereocenters. The van der Waals surface area contributed by atoms with Gasteiger partial charge in [0.1, 0.15) is 5.75 Å². The number of methoxy groups -OCH3 is 1. The molecule has 1 amide bonds. The highest BCUT2D eigenvalue weighted by atomic mass is 32.2. The number of nitrogens with one attached hydrogen (secondary N) is 1. The summed E-state index contributed by atoms with van der Waals surface area (Å²) in [7, 11) is 1.63. The van der Waals surface area contributed by atoms with Gasteiger partial charge in [-0.3, -0.25) is 4.79 Å². The predicted octanol–water partition coefficient (Wildman–Crippen LogP) is 4.15. The SMILES string of the molecule is COc1cccc(-c2ccc3nnc(SCC(=O)Nc4cc(C)ccc4C)n3n2)c1. The van der Waals surface area contributed by atoms with Crippen molar-refractivity contribution in [1.29, 1.82) is 0 Å². The van der Waals surface area contributed by atoms with Crippen LogP contribution in [0.2, 0.25) is 0 Å². The first kappa shape index (κ1) is 19.9. The smallest absolute Gasteiger partial charge is 0.234 e. The molecule has 0 radical (unpaired) electrons. The lowest BCUT2D eigenvalue weighted by Crippen LogP contribution is -2.15. The maximum absolute atomic E-state index is 12.4. The number of carbonyl (C=O) groups excluding carboxylic acids is 1. The number of ether oxygens (including phenoxy) is 1. The van der Waals surface area contributed by atoms with Crippen LogP contribution in [0.5, 0.6) is 5.75 Å². The molecule has 0 aliphatic heterocycles. The molecule has 0 unspecified atom stereocenters. The van der Waals surface area contributed by atoms with Crippen LogP contribution in [0.3, 0.4) is 0 Å². The normalized spacial score (nSPS) is 10.9. The monoisotopic (exact) mass is 419 g/mol. The Hall–Kier alpha value is -3.39. The fourth-order valence-corrected chi connectivity index (χ4v) is 3.67. The number of rotatable bonds is 6. The third-order valence-corrected chi connectivity index (χ3v) is 5.52. The van der Waals surface area contributed by atoms with Crippen LogP contribution < -0.4 is 10.1 Å². The van der Waals surface area contributed by atoms with Crippen molar-refractivity contribution in [2.75, 3.05) is 18.2 Å². The molecule has 1 N–H and O–H groups in total. The van der Waals surface area contributed by atoms with E-state index in [-0.39, 0.29) is 11.7 Å². The summed E-state index contributed by atoms with van der Waals surface area (Å²) in [5, 5.41) is 16.5. The number of hydrogen-bond donors (Lipinski definition) is 1. The average Bonchev–Trinajstić information content (AvgIpc) is 3.17. The van der Waals surface area contributed by atoms with Crippen molar-refractivity contribution in [3.05, 3.63) is 65.7 Å². The quantitative estimate of drug-likeness (QED) is 0.473. The van der Waals surface area contributed by atoms with Crippen LogP contribution in [0, 0.1) is 13.8 Å². The van der Waals surface area contributed by atoms with Gasteiger partial charge in [0.05, 0.1) is 18.6 Å². The van der Waals surface area contributed by atoms with Gasteiger partial charge in [0.2, 0.25) is 11.1 Å². The van der Waals surface area contributed by atoms with Gasteiger partial charge in [-0.05, 0) is 55.3 Å². The first-order chi connectivity index (χ1) is 14.5. The number of fused-ring (bicyclic) bond motifs is 1. The second-order valence-corrected chi connectivity index (χ2v) is 7.80. The van der Waals surface area contributed by atoms with Gasteiger partial charge in [-0.2, -0.15) is 9.61 Å². The second kappa shape index (κ2) is 8.54. The number of nitrogens with zero attached hydrogens (tertiary/aromatic N) is 4. The summed E-state index contributed by atoms with van der Waals surface area (Å²) < 4.78 is 6.95. The van der Waals surface area contributed by atoms with E-state index in [9.17, 15) is 4.79 Å². The van der Waals surface area contributed by atoms with E-state index in [1.807, 2.05) is 68.4 Å². The largest absolute Gasteiger partial charge is 0.497 e. The lowest BCUT2D eigenvalue weighted by Gasteiger charge is -2.09. The fourth-order valence-electron chi connectivity index (χ4n) is 2.98. The molecule has 0 saturated carbocycles. The molecule has 2 aromatic heterocycles. The molecule has 0 aliphatic carbocycles. The molecular weight excluding hydrogens is 398 g/mol. The van der Waals surface area contributed by atoms with Crippen LogP contribution in [0.15, 0.2) is 59.8 Å². The van der Waals surface area contributed by atoms with Gasteiger partial charge in [-0.25, -0.2) is 0 Å². The molecule has 7 nitrogen and oxygen atoms in total. The zero-order valence-electron chi connectivity index (χ0n) is 16.9. The molecule has 30 heavy (non-hydrogen) atoms. The Morgan fingerprint density at radius 2 is 1.97 bits per heavy atom. The molecule has 152 valence electrons. The average molecular weight is 420 g/mol. The van der Waals surface area contributed by atoms with Gasteiger partial charge in [0.15, 0.2) is 5.65 Å². The number of amides is 1. The minimum atomic E-state index is -0.102. The summed E-state index contributed by atoms with van der Waals surface area (Å²) in [6, 6.07) is 17.4. The molecule has 0 aliphatic rings. The minimum absolute atomic E-state index is 0.102. The lowest BCUT2D eigenvalue weighted by molar-refractivity contribution is -0.113. The molecule has 2 heterocycles. The van der Waals surface area contributed by atoms with Gasteiger partial charge in [-0.15, -0.1) is 10.2 Å². The third-order valence-electron chi connectivity index (χ3n) is 4.60. The van der Waals surface area contributed by atoms with Crippen molar-refractivity contribution >= 4 is 29.0 Å². The summed E-state index contributed by atoms with van der Waals surface area (Å²) in [5.41, 5.74) is 5.26. The number of anilines is 1. The van der Waals surface area contributed by atoms with E-state index in [0.29, 0.717) is 10.8 Å². The zero-order chi connectivity index (χ0) is 21.1. The number of hydrogen-bond acceptors (Lipinski definition) is 6. The van der Waals surface area contributed by atoms with Crippen LogP contribution in [-0.4, -0.2) is 38.6 Å². The number of benzene rings is 2. The fraction of sp³-hybridized carbons (Fsp3) is 0.182. The maximum Gasteiger partial charge on any atom is 0.234 e. The van der Waals surface area contributed by atoms with Crippen molar-refractivity contribution in [3.8, 4) is 17.0 Å². The highest BCUT2D eigenvalue weighted by Crippen LogP contribution is 2.24. The van der Waals surface area contributed by atoms with E-state index >= 15 is 0 Å². The Bertz CT molecular complexity index is 1220. The standard InChI is InChI=1S/C22H21N5O2S/c1-14-7-8-15(2)19(11-14)23-21(28)13-30-22-25-24-20-10-9-18(26-27(20)22)16-5-4-6-17(12-16)29-3/h4-12H,13H2,1-3H3,(H,23,28). The van der Waals surface area contributed by atoms with Crippen molar-refractivity contribution < 1.29 is 9.53 Å². The van der Waals surface area contributed by atoms with E-state index in [1.165, 1.54) is 11.8 Å². The molecule has 0 fully saturated rings. The van der Waals surface area contributed by atoms with Crippen LogP contribution in [0.1, 0.15) is 11.1 Å². The van der Waals surface area contributed by atoms with Gasteiger partial charge in [0.25, 0.3) is 0 Å². The number of thioether (sulfide) groups is 1. The van der Waals surface area contributed by atoms with Crippen LogP contribution >= 0.6 is 11.8 Å². The first-order valence-corrected chi connectivity index (χ1v) is 10.4. The number of aryl methyl sites for hydroxylation is 2. The van der Waals surface area contributed by atoms with Crippen molar-refractivity contribution in [1.82, 2.24) is 19.8 Å². The number of aromatic nitrogens is 4. The molecule has 4 rings (SSSR count). The summed E-state index contributed by atoms with van der Waals surface area (Å²) in [5.74, 6) is 0.865.